The Balaban J connectivity index is 2.39. The van der Waals surface area contributed by atoms with Gasteiger partial charge in [-0.05, 0) is 56.7 Å². The second-order valence-electron chi connectivity index (χ2n) is 5.94. The Morgan fingerprint density at radius 2 is 1.90 bits per heavy atom. The molecule has 0 aromatic heterocycles. The molecule has 4 nitrogen and oxygen atoms in total. The first-order chi connectivity index (χ1) is 9.49. The molecule has 4 heteroatoms. The summed E-state index contributed by atoms with van der Waals surface area (Å²) in [7, 11) is 0. The van der Waals surface area contributed by atoms with Crippen LogP contribution in [0.5, 0.6) is 5.75 Å². The quantitative estimate of drug-likeness (QED) is 0.590. The van der Waals surface area contributed by atoms with Gasteiger partial charge in [0.05, 0.1) is 11.0 Å². The molecule has 0 unspecified atom stereocenters. The Labute approximate surface area is 120 Å². The maximum Gasteiger partial charge on any atom is 0.311 e. The predicted molar refractivity (Wildman–Crippen MR) is 79.4 cm³/mol. The molecule has 0 amide bonds. The fraction of sp³-hybridized carbons (Fsp3) is 0.625. The van der Waals surface area contributed by atoms with E-state index in [0.29, 0.717) is 11.7 Å². The van der Waals surface area contributed by atoms with Gasteiger partial charge in [0, 0.05) is 6.07 Å². The summed E-state index contributed by atoms with van der Waals surface area (Å²) >= 11 is 0. The lowest BCUT2D eigenvalue weighted by Gasteiger charge is -2.24. The third kappa shape index (κ3) is 3.30. The standard InChI is InChI=1S/C16H23NO3/c1-11(2)20-16-10-14(13-7-5-4-6-8-13)12(3)9-15(16)17(18)19/h9-11,13H,4-8H2,1-3H3. The van der Waals surface area contributed by atoms with Gasteiger partial charge in [-0.25, -0.2) is 0 Å². The number of nitrogens with zero attached hydrogens (tertiary/aromatic N) is 1. The van der Waals surface area contributed by atoms with Gasteiger partial charge in [-0.2, -0.15) is 0 Å². The zero-order chi connectivity index (χ0) is 14.7. The molecular formula is C16H23NO3. The zero-order valence-corrected chi connectivity index (χ0v) is 12.5. The molecule has 0 radical (unpaired) electrons. The number of hydrogen-bond donors (Lipinski definition) is 0. The Hall–Kier alpha value is -1.58. The Morgan fingerprint density at radius 1 is 1.25 bits per heavy atom. The highest BCUT2D eigenvalue weighted by Crippen LogP contribution is 2.39. The van der Waals surface area contributed by atoms with Gasteiger partial charge in [0.15, 0.2) is 5.75 Å². The lowest BCUT2D eigenvalue weighted by atomic mass is 9.82. The van der Waals surface area contributed by atoms with Crippen molar-refractivity contribution in [2.45, 2.75) is 64.9 Å². The second-order valence-corrected chi connectivity index (χ2v) is 5.94. The zero-order valence-electron chi connectivity index (χ0n) is 12.5. The molecule has 0 saturated heterocycles. The summed E-state index contributed by atoms with van der Waals surface area (Å²) in [6.45, 7) is 5.75. The second kappa shape index (κ2) is 6.25. The molecule has 110 valence electrons. The SMILES string of the molecule is Cc1cc([N+](=O)[O-])c(OC(C)C)cc1C1CCCCC1. The Morgan fingerprint density at radius 3 is 2.45 bits per heavy atom. The third-order valence-electron chi connectivity index (χ3n) is 3.95. The molecule has 0 aliphatic heterocycles. The molecule has 1 aliphatic carbocycles. The van der Waals surface area contributed by atoms with Gasteiger partial charge in [-0.1, -0.05) is 19.3 Å². The van der Waals surface area contributed by atoms with E-state index in [9.17, 15) is 10.1 Å². The molecule has 1 aromatic carbocycles. The van der Waals surface area contributed by atoms with Crippen LogP contribution in [-0.2, 0) is 0 Å². The van der Waals surface area contributed by atoms with E-state index in [1.54, 1.807) is 6.07 Å². The van der Waals surface area contributed by atoms with Crippen LogP contribution in [0.4, 0.5) is 5.69 Å². The van der Waals surface area contributed by atoms with Crippen molar-refractivity contribution in [3.63, 3.8) is 0 Å². The van der Waals surface area contributed by atoms with E-state index >= 15 is 0 Å². The van der Waals surface area contributed by atoms with Gasteiger partial charge in [0.25, 0.3) is 0 Å². The van der Waals surface area contributed by atoms with Crippen molar-refractivity contribution < 1.29 is 9.66 Å². The molecule has 0 heterocycles. The molecule has 0 bridgehead atoms. The first kappa shape index (κ1) is 14.8. The Bertz CT molecular complexity index is 491. The topological polar surface area (TPSA) is 52.4 Å². The van der Waals surface area contributed by atoms with Crippen molar-refractivity contribution in [2.75, 3.05) is 0 Å². The van der Waals surface area contributed by atoms with Crippen LogP contribution in [0.25, 0.3) is 0 Å². The fourth-order valence-corrected chi connectivity index (χ4v) is 3.03. The number of nitro benzene ring substituents is 1. The van der Waals surface area contributed by atoms with Crippen LogP contribution >= 0.6 is 0 Å². The molecule has 0 spiro atoms. The van der Waals surface area contributed by atoms with E-state index in [4.69, 9.17) is 4.74 Å². The van der Waals surface area contributed by atoms with Crippen molar-refractivity contribution in [3.8, 4) is 5.75 Å². The van der Waals surface area contributed by atoms with E-state index < -0.39 is 0 Å². The van der Waals surface area contributed by atoms with Crippen molar-refractivity contribution in [3.05, 3.63) is 33.4 Å². The van der Waals surface area contributed by atoms with E-state index in [0.717, 1.165) is 5.56 Å². The highest BCUT2D eigenvalue weighted by Gasteiger charge is 2.23. The van der Waals surface area contributed by atoms with E-state index in [-0.39, 0.29) is 16.7 Å². The van der Waals surface area contributed by atoms with Gasteiger partial charge < -0.3 is 4.74 Å². The predicted octanol–water partition coefficient (Wildman–Crippen LogP) is 4.74. The van der Waals surface area contributed by atoms with Crippen LogP contribution in [0.2, 0.25) is 0 Å². The fourth-order valence-electron chi connectivity index (χ4n) is 3.03. The summed E-state index contributed by atoms with van der Waals surface area (Å²) in [4.78, 5) is 10.8. The largest absolute Gasteiger partial charge is 0.484 e. The number of rotatable bonds is 4. The van der Waals surface area contributed by atoms with Crippen LogP contribution in [-0.4, -0.2) is 11.0 Å². The number of benzene rings is 1. The smallest absolute Gasteiger partial charge is 0.311 e. The van der Waals surface area contributed by atoms with Crippen molar-refractivity contribution in [2.24, 2.45) is 0 Å². The Kier molecular flexibility index (Phi) is 4.63. The molecule has 1 aromatic rings. The molecule has 1 fully saturated rings. The summed E-state index contributed by atoms with van der Waals surface area (Å²) in [5.74, 6) is 0.940. The van der Waals surface area contributed by atoms with E-state index in [2.05, 4.69) is 0 Å². The van der Waals surface area contributed by atoms with Gasteiger partial charge in [0.2, 0.25) is 0 Å². The average Bonchev–Trinajstić information content (AvgIpc) is 2.40. The number of nitro groups is 1. The van der Waals surface area contributed by atoms with E-state index in [1.165, 1.54) is 37.7 Å². The minimum atomic E-state index is -0.352. The van der Waals surface area contributed by atoms with Crippen LogP contribution < -0.4 is 4.74 Å². The van der Waals surface area contributed by atoms with Crippen molar-refractivity contribution in [1.29, 1.82) is 0 Å². The van der Waals surface area contributed by atoms with Crippen LogP contribution in [0.15, 0.2) is 12.1 Å². The highest BCUT2D eigenvalue weighted by atomic mass is 16.6. The minimum absolute atomic E-state index is 0.0596. The molecule has 2 rings (SSSR count). The third-order valence-corrected chi connectivity index (χ3v) is 3.95. The lowest BCUT2D eigenvalue weighted by molar-refractivity contribution is -0.386. The lowest BCUT2D eigenvalue weighted by Crippen LogP contribution is -2.11. The molecule has 1 aliphatic rings. The molecule has 1 saturated carbocycles. The number of aryl methyl sites for hydroxylation is 1. The van der Waals surface area contributed by atoms with Gasteiger partial charge in [0.1, 0.15) is 0 Å². The molecular weight excluding hydrogens is 254 g/mol. The number of hydrogen-bond acceptors (Lipinski definition) is 3. The highest BCUT2D eigenvalue weighted by molar-refractivity contribution is 5.53. The summed E-state index contributed by atoms with van der Waals surface area (Å²) in [6.07, 6.45) is 6.11. The minimum Gasteiger partial charge on any atom is -0.484 e. The van der Waals surface area contributed by atoms with Crippen molar-refractivity contribution >= 4 is 5.69 Å². The van der Waals surface area contributed by atoms with Crippen LogP contribution in [0, 0.1) is 17.0 Å². The molecule has 0 atom stereocenters. The summed E-state index contributed by atoms with van der Waals surface area (Å²) in [6, 6.07) is 3.57. The maximum atomic E-state index is 11.2. The first-order valence-corrected chi connectivity index (χ1v) is 7.44. The summed E-state index contributed by atoms with van der Waals surface area (Å²) < 4.78 is 5.65. The summed E-state index contributed by atoms with van der Waals surface area (Å²) in [5.41, 5.74) is 2.32. The van der Waals surface area contributed by atoms with Crippen LogP contribution in [0.3, 0.4) is 0 Å². The van der Waals surface area contributed by atoms with Crippen molar-refractivity contribution in [1.82, 2.24) is 0 Å². The van der Waals surface area contributed by atoms with Gasteiger partial charge >= 0.3 is 5.69 Å². The van der Waals surface area contributed by atoms with E-state index in [1.807, 2.05) is 26.8 Å². The summed E-state index contributed by atoms with van der Waals surface area (Å²) in [5, 5.41) is 11.2. The molecule has 20 heavy (non-hydrogen) atoms. The monoisotopic (exact) mass is 277 g/mol. The average molecular weight is 277 g/mol. The van der Waals surface area contributed by atoms with Crippen LogP contribution in [0.1, 0.15) is 63.0 Å². The van der Waals surface area contributed by atoms with Gasteiger partial charge in [-0.3, -0.25) is 10.1 Å². The normalized spacial score (nSPS) is 16.4. The van der Waals surface area contributed by atoms with Gasteiger partial charge in [-0.15, -0.1) is 0 Å². The first-order valence-electron chi connectivity index (χ1n) is 7.44. The molecule has 0 N–H and O–H groups in total. The maximum absolute atomic E-state index is 11.2. The number of ether oxygens (including phenoxy) is 1.